The van der Waals surface area contributed by atoms with E-state index in [1.807, 2.05) is 13.0 Å². The zero-order valence-electron chi connectivity index (χ0n) is 17.1. The lowest BCUT2D eigenvalue weighted by atomic mass is 9.98. The normalized spacial score (nSPS) is 15.4. The summed E-state index contributed by atoms with van der Waals surface area (Å²) in [6.45, 7) is 4.05. The Kier molecular flexibility index (Phi) is 7.28. The fourth-order valence-electron chi connectivity index (χ4n) is 3.32. The molecule has 1 saturated carbocycles. The van der Waals surface area contributed by atoms with Crippen LogP contribution in [-0.2, 0) is 4.74 Å². The van der Waals surface area contributed by atoms with Crippen LogP contribution in [-0.4, -0.2) is 24.1 Å². The third kappa shape index (κ3) is 6.08. The number of hydrogen-bond donors (Lipinski definition) is 1. The molecule has 1 aliphatic rings. The van der Waals surface area contributed by atoms with Crippen molar-refractivity contribution in [3.63, 3.8) is 0 Å². The molecule has 3 rings (SSSR count). The average Bonchev–Trinajstić information content (AvgIpc) is 2.75. The second kappa shape index (κ2) is 10.1. The highest BCUT2D eigenvalue weighted by molar-refractivity contribution is 6.04. The quantitative estimate of drug-likeness (QED) is 0.619. The Morgan fingerprint density at radius 2 is 1.76 bits per heavy atom. The summed E-state index contributed by atoms with van der Waals surface area (Å²) in [6.07, 6.45) is 6.36. The molecule has 0 spiro atoms. The summed E-state index contributed by atoms with van der Waals surface area (Å²) in [6, 6.07) is 13.9. The van der Waals surface area contributed by atoms with Crippen LogP contribution in [0.25, 0.3) is 0 Å². The number of anilines is 1. The van der Waals surface area contributed by atoms with E-state index in [0.717, 1.165) is 32.1 Å². The number of amides is 1. The van der Waals surface area contributed by atoms with Gasteiger partial charge in [0.2, 0.25) is 0 Å². The highest BCUT2D eigenvalue weighted by atomic mass is 16.5. The summed E-state index contributed by atoms with van der Waals surface area (Å²) in [7, 11) is 0. The molecule has 1 N–H and O–H groups in total. The average molecular weight is 395 g/mol. The minimum atomic E-state index is -0.301. The standard InChI is InChI=1S/C24H29NO4/c1-3-17(2)28-22-11-7-8-19(16-22)23(26)25-20-14-12-18(13-15-20)24(27)29-21-9-5-4-6-10-21/h7-8,11-17,21H,3-6,9-10H2,1-2H3,(H,25,26). The zero-order chi connectivity index (χ0) is 20.6. The molecule has 1 fully saturated rings. The van der Waals surface area contributed by atoms with E-state index in [1.54, 1.807) is 42.5 Å². The molecule has 1 amide bonds. The molecule has 1 atom stereocenters. The SMILES string of the molecule is CCC(C)Oc1cccc(C(=O)Nc2ccc(C(=O)OC3CCCCC3)cc2)c1. The number of rotatable bonds is 7. The molecule has 0 aliphatic heterocycles. The molecule has 1 unspecified atom stereocenters. The summed E-state index contributed by atoms with van der Waals surface area (Å²) in [4.78, 5) is 24.8. The molecule has 2 aromatic carbocycles. The van der Waals surface area contributed by atoms with Crippen molar-refractivity contribution in [1.29, 1.82) is 0 Å². The molecule has 1 aliphatic carbocycles. The Hall–Kier alpha value is -2.82. The van der Waals surface area contributed by atoms with E-state index in [1.165, 1.54) is 6.42 Å². The summed E-state index contributed by atoms with van der Waals surface area (Å²) < 4.78 is 11.4. The lowest BCUT2D eigenvalue weighted by molar-refractivity contribution is 0.0211. The van der Waals surface area contributed by atoms with Crippen molar-refractivity contribution >= 4 is 17.6 Å². The minimum absolute atomic E-state index is 0.0283. The fourth-order valence-corrected chi connectivity index (χ4v) is 3.32. The topological polar surface area (TPSA) is 64.6 Å². The number of benzene rings is 2. The fraction of sp³-hybridized carbons (Fsp3) is 0.417. The Morgan fingerprint density at radius 1 is 1.03 bits per heavy atom. The van der Waals surface area contributed by atoms with Crippen LogP contribution in [0.1, 0.15) is 73.1 Å². The third-order valence-corrected chi connectivity index (χ3v) is 5.21. The van der Waals surface area contributed by atoms with E-state index in [-0.39, 0.29) is 24.1 Å². The summed E-state index contributed by atoms with van der Waals surface area (Å²) >= 11 is 0. The predicted molar refractivity (Wildman–Crippen MR) is 114 cm³/mol. The lowest BCUT2D eigenvalue weighted by Crippen LogP contribution is -2.21. The summed E-state index contributed by atoms with van der Waals surface area (Å²) in [5.74, 6) is 0.148. The van der Waals surface area contributed by atoms with Crippen molar-refractivity contribution in [2.75, 3.05) is 5.32 Å². The van der Waals surface area contributed by atoms with E-state index < -0.39 is 0 Å². The van der Waals surface area contributed by atoms with Crippen molar-refractivity contribution in [2.45, 2.75) is 64.6 Å². The first-order valence-electron chi connectivity index (χ1n) is 10.4. The Balaban J connectivity index is 1.58. The summed E-state index contributed by atoms with van der Waals surface area (Å²) in [5.41, 5.74) is 1.64. The van der Waals surface area contributed by atoms with Gasteiger partial charge in [0.1, 0.15) is 11.9 Å². The highest BCUT2D eigenvalue weighted by Crippen LogP contribution is 2.22. The third-order valence-electron chi connectivity index (χ3n) is 5.21. The van der Waals surface area contributed by atoms with Gasteiger partial charge in [-0.3, -0.25) is 4.79 Å². The van der Waals surface area contributed by atoms with Gasteiger partial charge in [0.15, 0.2) is 0 Å². The van der Waals surface area contributed by atoms with E-state index in [9.17, 15) is 9.59 Å². The first-order valence-corrected chi connectivity index (χ1v) is 10.4. The Bertz CT molecular complexity index is 825. The van der Waals surface area contributed by atoms with Crippen LogP contribution in [0.15, 0.2) is 48.5 Å². The number of esters is 1. The van der Waals surface area contributed by atoms with E-state index >= 15 is 0 Å². The Labute approximate surface area is 172 Å². The van der Waals surface area contributed by atoms with Gasteiger partial charge >= 0.3 is 5.97 Å². The van der Waals surface area contributed by atoms with Crippen molar-refractivity contribution in [3.05, 3.63) is 59.7 Å². The van der Waals surface area contributed by atoms with Gasteiger partial charge in [-0.05, 0) is 81.5 Å². The van der Waals surface area contributed by atoms with E-state index in [2.05, 4.69) is 12.2 Å². The molecule has 0 heterocycles. The Morgan fingerprint density at radius 3 is 2.45 bits per heavy atom. The maximum atomic E-state index is 12.5. The molecule has 5 heteroatoms. The maximum absolute atomic E-state index is 12.5. The van der Waals surface area contributed by atoms with E-state index in [0.29, 0.717) is 22.6 Å². The molecule has 0 saturated heterocycles. The molecule has 154 valence electrons. The van der Waals surface area contributed by atoms with Gasteiger partial charge in [-0.15, -0.1) is 0 Å². The van der Waals surface area contributed by atoms with Crippen LogP contribution in [0.2, 0.25) is 0 Å². The van der Waals surface area contributed by atoms with E-state index in [4.69, 9.17) is 9.47 Å². The number of ether oxygens (including phenoxy) is 2. The first kappa shape index (κ1) is 20.9. The van der Waals surface area contributed by atoms with Crippen molar-refractivity contribution in [2.24, 2.45) is 0 Å². The van der Waals surface area contributed by atoms with Crippen LogP contribution in [0, 0.1) is 0 Å². The molecule has 29 heavy (non-hydrogen) atoms. The smallest absolute Gasteiger partial charge is 0.338 e. The predicted octanol–water partition coefficient (Wildman–Crippen LogP) is 5.61. The first-order chi connectivity index (χ1) is 14.0. The second-order valence-corrected chi connectivity index (χ2v) is 7.56. The van der Waals surface area contributed by atoms with Gasteiger partial charge in [0.25, 0.3) is 5.91 Å². The molecular weight excluding hydrogens is 366 g/mol. The molecule has 2 aromatic rings. The van der Waals surface area contributed by atoms with Crippen LogP contribution in [0.3, 0.4) is 0 Å². The molecule has 0 aromatic heterocycles. The van der Waals surface area contributed by atoms with Crippen LogP contribution in [0.5, 0.6) is 5.75 Å². The number of nitrogens with one attached hydrogen (secondary N) is 1. The van der Waals surface area contributed by atoms with Crippen LogP contribution < -0.4 is 10.1 Å². The van der Waals surface area contributed by atoms with Gasteiger partial charge in [0, 0.05) is 11.3 Å². The lowest BCUT2D eigenvalue weighted by Gasteiger charge is -2.21. The highest BCUT2D eigenvalue weighted by Gasteiger charge is 2.18. The van der Waals surface area contributed by atoms with Crippen molar-refractivity contribution < 1.29 is 19.1 Å². The molecule has 0 radical (unpaired) electrons. The van der Waals surface area contributed by atoms with Gasteiger partial charge in [0.05, 0.1) is 11.7 Å². The largest absolute Gasteiger partial charge is 0.491 e. The number of hydrogen-bond acceptors (Lipinski definition) is 4. The van der Waals surface area contributed by atoms with Crippen LogP contribution in [0.4, 0.5) is 5.69 Å². The van der Waals surface area contributed by atoms with Gasteiger partial charge in [-0.25, -0.2) is 4.79 Å². The van der Waals surface area contributed by atoms with Gasteiger partial charge in [-0.2, -0.15) is 0 Å². The summed E-state index contributed by atoms with van der Waals surface area (Å²) in [5, 5.41) is 2.85. The maximum Gasteiger partial charge on any atom is 0.338 e. The van der Waals surface area contributed by atoms with Crippen LogP contribution >= 0.6 is 0 Å². The molecule has 0 bridgehead atoms. The molecule has 5 nitrogen and oxygen atoms in total. The minimum Gasteiger partial charge on any atom is -0.491 e. The zero-order valence-corrected chi connectivity index (χ0v) is 17.1. The number of carbonyl (C=O) groups excluding carboxylic acids is 2. The molecular formula is C24H29NO4. The van der Waals surface area contributed by atoms with Crippen molar-refractivity contribution in [3.8, 4) is 5.75 Å². The van der Waals surface area contributed by atoms with Gasteiger partial charge < -0.3 is 14.8 Å². The monoisotopic (exact) mass is 395 g/mol. The number of carbonyl (C=O) groups is 2. The van der Waals surface area contributed by atoms with Crippen molar-refractivity contribution in [1.82, 2.24) is 0 Å². The van der Waals surface area contributed by atoms with Gasteiger partial charge in [-0.1, -0.05) is 19.4 Å². The second-order valence-electron chi connectivity index (χ2n) is 7.56.